The van der Waals surface area contributed by atoms with Gasteiger partial charge in [0.1, 0.15) is 5.67 Å². The first-order valence-corrected chi connectivity index (χ1v) is 4.89. The fourth-order valence-corrected chi connectivity index (χ4v) is 2.38. The third-order valence-electron chi connectivity index (χ3n) is 2.58. The minimum Gasteiger partial charge on any atom is -0.374 e. The van der Waals surface area contributed by atoms with Crippen LogP contribution >= 0.6 is 0 Å². The van der Waals surface area contributed by atoms with Gasteiger partial charge in [0.2, 0.25) is 0 Å². The van der Waals surface area contributed by atoms with Crippen LogP contribution in [-0.2, 0) is 4.74 Å². The lowest BCUT2D eigenvalue weighted by atomic mass is 9.84. The zero-order valence-electron chi connectivity index (χ0n) is 9.17. The lowest BCUT2D eigenvalue weighted by Crippen LogP contribution is -2.68. The third kappa shape index (κ3) is 2.20. The molecule has 13 heavy (non-hydrogen) atoms. The Morgan fingerprint density at radius 3 is 2.31 bits per heavy atom. The Bertz CT molecular complexity index is 182. The van der Waals surface area contributed by atoms with Gasteiger partial charge in [0, 0.05) is 6.54 Å². The van der Waals surface area contributed by atoms with Crippen molar-refractivity contribution in [2.75, 3.05) is 13.6 Å². The summed E-state index contributed by atoms with van der Waals surface area (Å²) in [5.41, 5.74) is -1.08. The Morgan fingerprint density at radius 1 is 1.46 bits per heavy atom. The molecule has 1 aliphatic heterocycles. The molecule has 1 aliphatic rings. The van der Waals surface area contributed by atoms with Crippen LogP contribution in [0.3, 0.4) is 0 Å². The molecule has 3 atom stereocenters. The van der Waals surface area contributed by atoms with Crippen LogP contribution in [0.15, 0.2) is 0 Å². The number of halogens is 1. The van der Waals surface area contributed by atoms with Crippen molar-refractivity contribution in [3.05, 3.63) is 0 Å². The number of rotatable bonds is 3. The predicted octanol–water partition coefficient (Wildman–Crippen LogP) is 1.84. The van der Waals surface area contributed by atoms with Crippen molar-refractivity contribution in [3.8, 4) is 0 Å². The molecule has 2 nitrogen and oxygen atoms in total. The molecular weight excluding hydrogens is 169 g/mol. The minimum atomic E-state index is -1.08. The van der Waals surface area contributed by atoms with Crippen molar-refractivity contribution >= 4 is 0 Å². The molecule has 0 radical (unpaired) electrons. The van der Waals surface area contributed by atoms with E-state index in [0.717, 1.165) is 0 Å². The summed E-state index contributed by atoms with van der Waals surface area (Å²) in [5, 5.41) is 0. The summed E-state index contributed by atoms with van der Waals surface area (Å²) >= 11 is 0. The van der Waals surface area contributed by atoms with E-state index in [4.69, 9.17) is 4.74 Å². The highest BCUT2D eigenvalue weighted by atomic mass is 19.1. The first kappa shape index (κ1) is 10.9. The molecule has 1 heterocycles. The monoisotopic (exact) mass is 189 g/mol. The molecule has 1 rings (SSSR count). The highest BCUT2D eigenvalue weighted by Crippen LogP contribution is 2.34. The van der Waals surface area contributed by atoms with Crippen molar-refractivity contribution in [2.24, 2.45) is 0 Å². The highest BCUT2D eigenvalue weighted by Gasteiger charge is 2.51. The molecule has 0 aliphatic carbocycles. The zero-order chi connectivity index (χ0) is 10.2. The number of alkyl halides is 1. The van der Waals surface area contributed by atoms with E-state index in [1.165, 1.54) is 0 Å². The Hall–Kier alpha value is -0.150. The van der Waals surface area contributed by atoms with Crippen LogP contribution in [0.2, 0.25) is 0 Å². The number of hydrogen-bond donors (Lipinski definition) is 0. The molecule has 0 spiro atoms. The summed E-state index contributed by atoms with van der Waals surface area (Å²) in [4.78, 5) is 2.01. The first-order chi connectivity index (χ1) is 5.84. The molecule has 0 amide bonds. The van der Waals surface area contributed by atoms with E-state index in [1.807, 2.05) is 32.7 Å². The maximum atomic E-state index is 13.7. The van der Waals surface area contributed by atoms with Crippen molar-refractivity contribution in [1.29, 1.82) is 0 Å². The van der Waals surface area contributed by atoms with Gasteiger partial charge in [-0.3, -0.25) is 4.90 Å². The summed E-state index contributed by atoms with van der Waals surface area (Å²) in [7, 11) is 1.94. The molecule has 0 aromatic heterocycles. The van der Waals surface area contributed by atoms with Gasteiger partial charge >= 0.3 is 0 Å². The van der Waals surface area contributed by atoms with Crippen molar-refractivity contribution in [3.63, 3.8) is 0 Å². The molecule has 1 fully saturated rings. The van der Waals surface area contributed by atoms with E-state index in [-0.39, 0.29) is 18.2 Å². The van der Waals surface area contributed by atoms with Crippen LogP contribution in [0.4, 0.5) is 4.39 Å². The highest BCUT2D eigenvalue weighted by molar-refractivity contribution is 5.04. The van der Waals surface area contributed by atoms with E-state index in [2.05, 4.69) is 0 Å². The first-order valence-electron chi connectivity index (χ1n) is 4.89. The molecule has 1 unspecified atom stereocenters. The van der Waals surface area contributed by atoms with Crippen LogP contribution in [0.25, 0.3) is 0 Å². The number of nitrogens with zero attached hydrogens (tertiary/aromatic N) is 1. The van der Waals surface area contributed by atoms with Gasteiger partial charge in [-0.2, -0.15) is 0 Å². The van der Waals surface area contributed by atoms with Crippen molar-refractivity contribution in [2.45, 2.75) is 51.6 Å². The lowest BCUT2D eigenvalue weighted by molar-refractivity contribution is -0.145. The summed E-state index contributed by atoms with van der Waals surface area (Å²) in [6.45, 7) is 8.06. The Kier molecular flexibility index (Phi) is 2.98. The minimum absolute atomic E-state index is 0.0336. The molecule has 0 aromatic carbocycles. The van der Waals surface area contributed by atoms with E-state index in [9.17, 15) is 4.39 Å². The predicted molar refractivity (Wildman–Crippen MR) is 51.6 cm³/mol. The van der Waals surface area contributed by atoms with Crippen molar-refractivity contribution in [1.82, 2.24) is 4.90 Å². The van der Waals surface area contributed by atoms with Gasteiger partial charge in [-0.25, -0.2) is 4.39 Å². The number of likely N-dealkylation sites (N-methyl/N-ethyl adjacent to an activating group) is 1. The smallest absolute Gasteiger partial charge is 0.138 e. The normalized spacial score (nSPS) is 37.6. The standard InChI is InChI=1S/C10H20FNO/c1-7(2)13-8(3)9-10(4,11)6-12(9)5/h7-9H,6H2,1-5H3/t8-,9+,10?/m0/s1. The molecular formula is C10H20FNO. The van der Waals surface area contributed by atoms with Gasteiger partial charge in [0.05, 0.1) is 18.2 Å². The zero-order valence-corrected chi connectivity index (χ0v) is 9.17. The Morgan fingerprint density at radius 2 is 2.00 bits per heavy atom. The maximum Gasteiger partial charge on any atom is 0.138 e. The van der Waals surface area contributed by atoms with Crippen LogP contribution in [0, 0.1) is 0 Å². The average molecular weight is 189 g/mol. The largest absolute Gasteiger partial charge is 0.374 e. The molecule has 3 heteroatoms. The SMILES string of the molecule is CC(C)O[C@@H](C)[C@H]1N(C)CC1(C)F. The van der Waals surface area contributed by atoms with Gasteiger partial charge in [0.15, 0.2) is 0 Å². The van der Waals surface area contributed by atoms with E-state index >= 15 is 0 Å². The Labute approximate surface area is 80.1 Å². The third-order valence-corrected chi connectivity index (χ3v) is 2.58. The van der Waals surface area contributed by atoms with Crippen molar-refractivity contribution < 1.29 is 9.13 Å². The van der Waals surface area contributed by atoms with Gasteiger partial charge in [0.25, 0.3) is 0 Å². The molecule has 1 saturated heterocycles. The summed E-state index contributed by atoms with van der Waals surface area (Å²) < 4.78 is 19.3. The van der Waals surface area contributed by atoms with Gasteiger partial charge < -0.3 is 4.74 Å². The van der Waals surface area contributed by atoms with E-state index in [1.54, 1.807) is 6.92 Å². The van der Waals surface area contributed by atoms with Gasteiger partial charge in [-0.05, 0) is 34.7 Å². The molecule has 0 saturated carbocycles. The second-order valence-electron chi connectivity index (χ2n) is 4.53. The van der Waals surface area contributed by atoms with E-state index in [0.29, 0.717) is 6.54 Å². The van der Waals surface area contributed by atoms with Gasteiger partial charge in [-0.1, -0.05) is 0 Å². The summed E-state index contributed by atoms with van der Waals surface area (Å²) in [5.74, 6) is 0. The Balaban J connectivity index is 2.50. The molecule has 0 bridgehead atoms. The number of hydrogen-bond acceptors (Lipinski definition) is 2. The molecule has 78 valence electrons. The fourth-order valence-electron chi connectivity index (χ4n) is 2.38. The second-order valence-corrected chi connectivity index (χ2v) is 4.53. The van der Waals surface area contributed by atoms with Crippen LogP contribution in [0.1, 0.15) is 27.7 Å². The van der Waals surface area contributed by atoms with E-state index < -0.39 is 5.67 Å². The maximum absolute atomic E-state index is 13.7. The van der Waals surface area contributed by atoms with Crippen LogP contribution in [0.5, 0.6) is 0 Å². The molecule has 0 aromatic rings. The van der Waals surface area contributed by atoms with Gasteiger partial charge in [-0.15, -0.1) is 0 Å². The number of ether oxygens (including phenoxy) is 1. The fraction of sp³-hybridized carbons (Fsp3) is 1.00. The number of likely N-dealkylation sites (tertiary alicyclic amines) is 1. The molecule has 0 N–H and O–H groups in total. The quantitative estimate of drug-likeness (QED) is 0.671. The summed E-state index contributed by atoms with van der Waals surface area (Å²) in [6, 6.07) is -0.0881. The van der Waals surface area contributed by atoms with Crippen LogP contribution < -0.4 is 0 Å². The summed E-state index contributed by atoms with van der Waals surface area (Å²) in [6.07, 6.45) is 0.133. The topological polar surface area (TPSA) is 12.5 Å². The van der Waals surface area contributed by atoms with Crippen LogP contribution in [-0.4, -0.2) is 42.4 Å². The second kappa shape index (κ2) is 3.54. The lowest BCUT2D eigenvalue weighted by Gasteiger charge is -2.51. The average Bonchev–Trinajstić information content (AvgIpc) is 1.80.